The van der Waals surface area contributed by atoms with Crippen LogP contribution < -0.4 is 5.32 Å². The van der Waals surface area contributed by atoms with E-state index in [0.717, 1.165) is 11.3 Å². The number of amides is 1. The molecule has 5 nitrogen and oxygen atoms in total. The van der Waals surface area contributed by atoms with Crippen molar-refractivity contribution >= 4 is 14.7 Å². The second kappa shape index (κ2) is 10.7. The summed E-state index contributed by atoms with van der Waals surface area (Å²) in [5, 5.41) is 2.83. The highest BCUT2D eigenvalue weighted by atomic mass is 28.4. The highest BCUT2D eigenvalue weighted by molar-refractivity contribution is 6.61. The van der Waals surface area contributed by atoms with Crippen molar-refractivity contribution in [3.63, 3.8) is 0 Å². The lowest BCUT2D eigenvalue weighted by Gasteiger charge is -2.28. The third-order valence-corrected chi connectivity index (χ3v) is 5.60. The van der Waals surface area contributed by atoms with Gasteiger partial charge >= 0.3 is 8.80 Å². The molecule has 0 aliphatic heterocycles. The van der Waals surface area contributed by atoms with E-state index >= 15 is 0 Å². The van der Waals surface area contributed by atoms with Gasteiger partial charge in [-0.3, -0.25) is 4.79 Å². The Morgan fingerprint density at radius 1 is 1.10 bits per heavy atom. The molecule has 0 atom stereocenters. The Kier molecular flexibility index (Phi) is 10.2. The summed E-state index contributed by atoms with van der Waals surface area (Å²) in [6, 6.07) is 0.481. The molecule has 1 amide bonds. The van der Waals surface area contributed by atoms with Crippen LogP contribution in [0, 0.1) is 0 Å². The van der Waals surface area contributed by atoms with E-state index in [0.29, 0.717) is 32.3 Å². The van der Waals surface area contributed by atoms with E-state index < -0.39 is 8.80 Å². The second-order valence-corrected chi connectivity index (χ2v) is 7.44. The number of rotatable bonds is 11. The van der Waals surface area contributed by atoms with Gasteiger partial charge in [-0.05, 0) is 40.7 Å². The minimum atomic E-state index is -2.74. The fourth-order valence-corrected chi connectivity index (χ4v) is 4.49. The van der Waals surface area contributed by atoms with Crippen LogP contribution in [0.5, 0.6) is 0 Å². The summed E-state index contributed by atoms with van der Waals surface area (Å²) in [5.74, 6) is -0.0685. The molecule has 1 N–H and O–H groups in total. The van der Waals surface area contributed by atoms with Crippen molar-refractivity contribution in [1.82, 2.24) is 5.32 Å². The van der Waals surface area contributed by atoms with Crippen LogP contribution in [-0.2, 0) is 18.1 Å². The first kappa shape index (κ1) is 20.0. The number of hydrogen-bond acceptors (Lipinski definition) is 4. The van der Waals surface area contributed by atoms with Crippen LogP contribution >= 0.6 is 0 Å². The Bertz CT molecular complexity index is 352. The summed E-state index contributed by atoms with van der Waals surface area (Å²) in [5.41, 5.74) is 1.68. The van der Waals surface area contributed by atoms with Crippen LogP contribution in [0.25, 0.3) is 0 Å². The molecular formula is C15H29NO4Si. The third kappa shape index (κ3) is 8.82. The molecule has 0 spiro atoms. The fraction of sp³-hybridized carbons (Fsp3) is 0.667. The largest absolute Gasteiger partial charge is 0.501 e. The zero-order chi connectivity index (χ0) is 16.3. The van der Waals surface area contributed by atoms with Crippen LogP contribution in [0.15, 0.2) is 23.9 Å². The Labute approximate surface area is 129 Å². The molecule has 122 valence electrons. The smallest absolute Gasteiger partial charge is 0.374 e. The molecule has 21 heavy (non-hydrogen) atoms. The summed E-state index contributed by atoms with van der Waals surface area (Å²) >= 11 is 0. The summed E-state index contributed by atoms with van der Waals surface area (Å²) in [6.07, 6.45) is 2.14. The van der Waals surface area contributed by atoms with Gasteiger partial charge in [0.2, 0.25) is 5.91 Å². The Balaban J connectivity index is 4.58. The van der Waals surface area contributed by atoms with E-state index in [1.165, 1.54) is 0 Å². The van der Waals surface area contributed by atoms with Crippen LogP contribution in [0.3, 0.4) is 0 Å². The first-order valence-corrected chi connectivity index (χ1v) is 9.37. The minimum absolute atomic E-state index is 0.0685. The molecule has 0 rings (SSSR count). The predicted molar refractivity (Wildman–Crippen MR) is 86.8 cm³/mol. The molecule has 0 bridgehead atoms. The SMILES string of the molecule is C=C(C)C=C(C)NC(=O)CC[Si](OCC)(OCC)OCC. The third-order valence-electron chi connectivity index (χ3n) is 2.55. The Morgan fingerprint density at radius 3 is 1.95 bits per heavy atom. The van der Waals surface area contributed by atoms with Crippen LogP contribution in [0.4, 0.5) is 0 Å². The van der Waals surface area contributed by atoms with Crippen LogP contribution in [-0.4, -0.2) is 34.5 Å². The second-order valence-electron chi connectivity index (χ2n) is 4.70. The number of hydrogen-bond donors (Lipinski definition) is 1. The molecule has 0 aromatic carbocycles. The molecule has 0 heterocycles. The van der Waals surface area contributed by atoms with Crippen LogP contribution in [0.1, 0.15) is 41.0 Å². The van der Waals surface area contributed by atoms with Gasteiger partial charge in [0.05, 0.1) is 0 Å². The minimum Gasteiger partial charge on any atom is -0.374 e. The Morgan fingerprint density at radius 2 is 1.57 bits per heavy atom. The van der Waals surface area contributed by atoms with Gasteiger partial charge in [0, 0.05) is 38.0 Å². The number of nitrogens with one attached hydrogen (secondary N) is 1. The van der Waals surface area contributed by atoms with Gasteiger partial charge in [-0.2, -0.15) is 0 Å². The lowest BCUT2D eigenvalue weighted by Crippen LogP contribution is -2.46. The molecule has 0 unspecified atom stereocenters. The molecular weight excluding hydrogens is 286 g/mol. The summed E-state index contributed by atoms with van der Waals surface area (Å²) in [4.78, 5) is 12.0. The van der Waals surface area contributed by atoms with Gasteiger partial charge in [0.1, 0.15) is 0 Å². The lowest BCUT2D eigenvalue weighted by atomic mass is 10.3. The quantitative estimate of drug-likeness (QED) is 0.470. The van der Waals surface area contributed by atoms with Gasteiger partial charge in [-0.15, -0.1) is 0 Å². The maximum absolute atomic E-state index is 12.0. The predicted octanol–water partition coefficient (Wildman–Crippen LogP) is 3.02. The van der Waals surface area contributed by atoms with Gasteiger partial charge in [-0.1, -0.05) is 12.2 Å². The van der Waals surface area contributed by atoms with Gasteiger partial charge < -0.3 is 18.6 Å². The molecule has 6 heteroatoms. The number of allylic oxidation sites excluding steroid dienone is 3. The van der Waals surface area contributed by atoms with Crippen molar-refractivity contribution in [2.75, 3.05) is 19.8 Å². The van der Waals surface area contributed by atoms with E-state index in [9.17, 15) is 4.79 Å². The number of carbonyl (C=O) groups excluding carboxylic acids is 1. The number of carbonyl (C=O) groups is 1. The summed E-state index contributed by atoms with van der Waals surface area (Å²) in [7, 11) is -2.74. The standard InChI is InChI=1S/C15H29NO4Si/c1-7-18-21(19-8-2,20-9-3)11-10-15(17)16-14(6)12-13(4)5/h12H,4,7-11H2,1-3,5-6H3,(H,16,17). The topological polar surface area (TPSA) is 56.8 Å². The molecule has 0 aliphatic carbocycles. The van der Waals surface area contributed by atoms with Crippen molar-refractivity contribution in [2.24, 2.45) is 0 Å². The van der Waals surface area contributed by atoms with E-state index in [1.807, 2.05) is 40.7 Å². The first-order chi connectivity index (χ1) is 9.89. The first-order valence-electron chi connectivity index (χ1n) is 7.44. The lowest BCUT2D eigenvalue weighted by molar-refractivity contribution is -0.120. The van der Waals surface area contributed by atoms with Crippen molar-refractivity contribution in [1.29, 1.82) is 0 Å². The van der Waals surface area contributed by atoms with Crippen molar-refractivity contribution in [3.8, 4) is 0 Å². The zero-order valence-electron chi connectivity index (χ0n) is 14.0. The van der Waals surface area contributed by atoms with Crippen molar-refractivity contribution < 1.29 is 18.1 Å². The van der Waals surface area contributed by atoms with Crippen LogP contribution in [0.2, 0.25) is 6.04 Å². The van der Waals surface area contributed by atoms with Crippen molar-refractivity contribution in [2.45, 2.75) is 47.1 Å². The maximum atomic E-state index is 12.0. The van der Waals surface area contributed by atoms with E-state index in [-0.39, 0.29) is 5.91 Å². The average Bonchev–Trinajstić information content (AvgIpc) is 2.36. The highest BCUT2D eigenvalue weighted by Crippen LogP contribution is 2.18. The molecule has 0 saturated heterocycles. The molecule has 0 aliphatic rings. The monoisotopic (exact) mass is 315 g/mol. The van der Waals surface area contributed by atoms with Gasteiger partial charge in [-0.25, -0.2) is 0 Å². The summed E-state index contributed by atoms with van der Waals surface area (Å²) < 4.78 is 17.1. The molecule has 0 saturated carbocycles. The summed E-state index contributed by atoms with van der Waals surface area (Å²) in [6.45, 7) is 14.8. The maximum Gasteiger partial charge on any atom is 0.501 e. The highest BCUT2D eigenvalue weighted by Gasteiger charge is 2.40. The van der Waals surface area contributed by atoms with Gasteiger partial charge in [0.15, 0.2) is 0 Å². The van der Waals surface area contributed by atoms with E-state index in [2.05, 4.69) is 11.9 Å². The molecule has 0 aromatic heterocycles. The van der Waals surface area contributed by atoms with Gasteiger partial charge in [0.25, 0.3) is 0 Å². The Hall–Kier alpha value is -0.953. The van der Waals surface area contributed by atoms with E-state index in [4.69, 9.17) is 13.3 Å². The van der Waals surface area contributed by atoms with Crippen molar-refractivity contribution in [3.05, 3.63) is 23.9 Å². The normalized spacial score (nSPS) is 12.3. The average molecular weight is 315 g/mol. The molecule has 0 aromatic rings. The fourth-order valence-electron chi connectivity index (χ4n) is 1.96. The van der Waals surface area contributed by atoms with E-state index in [1.54, 1.807) is 0 Å². The molecule has 0 fully saturated rings. The molecule has 0 radical (unpaired) electrons. The zero-order valence-corrected chi connectivity index (χ0v) is 15.0.